The summed E-state index contributed by atoms with van der Waals surface area (Å²) in [6.07, 6.45) is 1.17. The summed E-state index contributed by atoms with van der Waals surface area (Å²) in [7, 11) is 0. The zero-order valence-corrected chi connectivity index (χ0v) is 23.3. The summed E-state index contributed by atoms with van der Waals surface area (Å²) < 4.78 is 2.61. The first-order valence-corrected chi connectivity index (χ1v) is 12.2. The Balaban J connectivity index is 0.000000338. The fourth-order valence-corrected chi connectivity index (χ4v) is 5.73. The molecule has 0 fully saturated rings. The second-order valence-electron chi connectivity index (χ2n) is 8.55. The van der Waals surface area contributed by atoms with Gasteiger partial charge >= 0.3 is 0 Å². The summed E-state index contributed by atoms with van der Waals surface area (Å²) in [5.74, 6) is -0.0625. The van der Waals surface area contributed by atoms with Crippen LogP contribution in [0, 0.1) is 13.0 Å². The number of aromatic nitrogens is 1. The molecule has 36 heavy (non-hydrogen) atoms. The molecule has 0 saturated carbocycles. The molecule has 2 heterocycles. The van der Waals surface area contributed by atoms with Gasteiger partial charge in [-0.15, -0.1) is 34.6 Å². The van der Waals surface area contributed by atoms with Gasteiger partial charge < -0.3 is 5.11 Å². The number of fused-ring (bicyclic) bond motifs is 6. The van der Waals surface area contributed by atoms with Gasteiger partial charge in [0.25, 0.3) is 0 Å². The van der Waals surface area contributed by atoms with E-state index in [1.807, 2.05) is 11.3 Å². The second-order valence-corrected chi connectivity index (χ2v) is 9.60. The number of hydrogen-bond acceptors (Lipinski definition) is 4. The van der Waals surface area contributed by atoms with Crippen LogP contribution in [0.1, 0.15) is 19.4 Å². The number of hydrogen-bond donors (Lipinski definition) is 1. The number of pyridine rings is 1. The fraction of sp³-hybridized carbons (Fsp3) is 0.0968. The van der Waals surface area contributed by atoms with Gasteiger partial charge in [0.15, 0.2) is 5.78 Å². The topological polar surface area (TPSA) is 50.2 Å². The Bertz CT molecular complexity index is 1760. The maximum atomic E-state index is 10.0. The number of carbonyl (C=O) groups is 1. The molecule has 3 nitrogen and oxygen atoms in total. The van der Waals surface area contributed by atoms with Gasteiger partial charge in [-0.25, -0.2) is 0 Å². The standard InChI is InChI=1S/C26H16NS.C5H8O2.Ir/c1-16-18-9-3-2-8-17(18)14-15-19(16)25-24-21-11-5-7-13-23(21)28-26(24)20-10-4-6-12-22(20)27-25;1-4(6)3-5(2)7;/h2-14H,1H3;3,6H,1-2H3;/q-1;;/b;4-3-;. The van der Waals surface area contributed by atoms with E-state index in [0.29, 0.717) is 0 Å². The Morgan fingerprint density at radius 3 is 2.25 bits per heavy atom. The number of rotatable bonds is 2. The van der Waals surface area contributed by atoms with E-state index in [4.69, 9.17) is 10.1 Å². The van der Waals surface area contributed by atoms with Crippen molar-refractivity contribution < 1.29 is 30.0 Å². The number of benzene rings is 4. The van der Waals surface area contributed by atoms with Crippen LogP contribution in [0.3, 0.4) is 0 Å². The maximum Gasteiger partial charge on any atom is 0.155 e. The van der Waals surface area contributed by atoms with E-state index in [1.165, 1.54) is 61.8 Å². The molecule has 2 aromatic heterocycles. The number of thiophene rings is 1. The zero-order chi connectivity index (χ0) is 24.5. The average Bonchev–Trinajstić information content (AvgIpc) is 3.24. The Morgan fingerprint density at radius 1 is 0.917 bits per heavy atom. The second kappa shape index (κ2) is 10.7. The van der Waals surface area contributed by atoms with Crippen LogP contribution in [-0.4, -0.2) is 15.9 Å². The third-order valence-electron chi connectivity index (χ3n) is 5.97. The quantitative estimate of drug-likeness (QED) is 0.115. The Hall–Kier alpha value is -3.37. The predicted molar refractivity (Wildman–Crippen MR) is 148 cm³/mol. The van der Waals surface area contributed by atoms with E-state index in [1.54, 1.807) is 0 Å². The first kappa shape index (κ1) is 25.7. The van der Waals surface area contributed by atoms with Crippen molar-refractivity contribution in [3.63, 3.8) is 0 Å². The number of para-hydroxylation sites is 1. The first-order chi connectivity index (χ1) is 16.9. The largest absolute Gasteiger partial charge is 0.512 e. The third kappa shape index (κ3) is 4.83. The summed E-state index contributed by atoms with van der Waals surface area (Å²) >= 11 is 1.86. The van der Waals surface area contributed by atoms with E-state index >= 15 is 0 Å². The summed E-state index contributed by atoms with van der Waals surface area (Å²) in [5, 5.41) is 14.6. The maximum absolute atomic E-state index is 10.0. The molecule has 4 aromatic carbocycles. The van der Waals surface area contributed by atoms with Crippen LogP contribution in [0.4, 0.5) is 0 Å². The van der Waals surface area contributed by atoms with Gasteiger partial charge in [0.1, 0.15) is 0 Å². The van der Waals surface area contributed by atoms with Crippen LogP contribution in [-0.2, 0) is 24.9 Å². The number of nitrogens with zero attached hydrogens (tertiary/aromatic N) is 1. The monoisotopic (exact) mass is 667 g/mol. The zero-order valence-electron chi connectivity index (χ0n) is 20.1. The normalized spacial score (nSPS) is 11.4. The van der Waals surface area contributed by atoms with Gasteiger partial charge in [-0.1, -0.05) is 78.4 Å². The summed E-state index contributed by atoms with van der Waals surface area (Å²) in [4.78, 5) is 15.2. The smallest absolute Gasteiger partial charge is 0.155 e. The number of ketones is 1. The van der Waals surface area contributed by atoms with Crippen LogP contribution in [0.2, 0.25) is 0 Å². The van der Waals surface area contributed by atoms with Gasteiger partial charge in [-0.2, -0.15) is 0 Å². The third-order valence-corrected chi connectivity index (χ3v) is 7.18. The van der Waals surface area contributed by atoms with E-state index in [9.17, 15) is 4.79 Å². The van der Waals surface area contributed by atoms with Crippen molar-refractivity contribution in [2.75, 3.05) is 0 Å². The van der Waals surface area contributed by atoms with Gasteiger partial charge in [-0.05, 0) is 42.4 Å². The summed E-state index contributed by atoms with van der Waals surface area (Å²) in [5.41, 5.74) is 4.40. The predicted octanol–water partition coefficient (Wildman–Crippen LogP) is 8.57. The van der Waals surface area contributed by atoms with Crippen LogP contribution >= 0.6 is 11.3 Å². The molecular weight excluding hydrogens is 643 g/mol. The van der Waals surface area contributed by atoms with Crippen LogP contribution in [0.25, 0.3) is 53.1 Å². The molecule has 0 aliphatic rings. The SMILES string of the molecule is CC(=O)/C=C(/C)O.Cc1c(-c2nc3ccccc3c3sc4ccccc4c23)[c-]cc2ccccc12.[Ir]. The van der Waals surface area contributed by atoms with Crippen molar-refractivity contribution in [3.8, 4) is 11.3 Å². The molecule has 6 aromatic rings. The van der Waals surface area contributed by atoms with Crippen molar-refractivity contribution in [1.82, 2.24) is 4.98 Å². The Kier molecular flexibility index (Phi) is 7.65. The van der Waals surface area contributed by atoms with Crippen molar-refractivity contribution in [1.29, 1.82) is 0 Å². The van der Waals surface area contributed by atoms with Gasteiger partial charge in [0, 0.05) is 41.0 Å². The van der Waals surface area contributed by atoms with Crippen molar-refractivity contribution >= 4 is 59.0 Å². The van der Waals surface area contributed by atoms with E-state index in [2.05, 4.69) is 91.9 Å². The minimum absolute atomic E-state index is 0. The molecule has 0 spiro atoms. The molecule has 0 unspecified atom stereocenters. The number of aliphatic hydroxyl groups excluding tert-OH is 1. The van der Waals surface area contributed by atoms with E-state index in [0.717, 1.165) is 16.8 Å². The van der Waals surface area contributed by atoms with Gasteiger partial charge in [0.2, 0.25) is 0 Å². The van der Waals surface area contributed by atoms with Crippen LogP contribution in [0.5, 0.6) is 0 Å². The minimum Gasteiger partial charge on any atom is -0.512 e. The van der Waals surface area contributed by atoms with Crippen molar-refractivity contribution in [3.05, 3.63) is 102 Å². The van der Waals surface area contributed by atoms with Crippen LogP contribution in [0.15, 0.2) is 90.7 Å². The molecule has 181 valence electrons. The summed E-state index contributed by atoms with van der Waals surface area (Å²) in [6.45, 7) is 5.03. The van der Waals surface area contributed by atoms with Gasteiger partial charge in [-0.3, -0.25) is 9.78 Å². The number of allylic oxidation sites excluding steroid dienone is 2. The number of aryl methyl sites for hydroxylation is 1. The fourth-order valence-electron chi connectivity index (χ4n) is 4.49. The van der Waals surface area contributed by atoms with E-state index < -0.39 is 0 Å². The molecule has 1 N–H and O–H groups in total. The molecule has 5 heteroatoms. The number of carbonyl (C=O) groups excluding carboxylic acids is 1. The molecule has 6 rings (SSSR count). The minimum atomic E-state index is -0.125. The first-order valence-electron chi connectivity index (χ1n) is 11.4. The molecular formula is C31H24IrNO2S-. The average molecular weight is 667 g/mol. The van der Waals surface area contributed by atoms with Crippen molar-refractivity contribution in [2.24, 2.45) is 0 Å². The Morgan fingerprint density at radius 2 is 1.56 bits per heavy atom. The molecule has 0 aliphatic heterocycles. The molecule has 0 amide bonds. The molecule has 0 saturated heterocycles. The molecule has 0 bridgehead atoms. The Labute approximate surface area is 227 Å². The molecule has 0 atom stereocenters. The van der Waals surface area contributed by atoms with E-state index in [-0.39, 0.29) is 31.6 Å². The van der Waals surface area contributed by atoms with Crippen molar-refractivity contribution in [2.45, 2.75) is 20.8 Å². The summed E-state index contributed by atoms with van der Waals surface area (Å²) in [6, 6.07) is 31.2. The van der Waals surface area contributed by atoms with Gasteiger partial charge in [0.05, 0.1) is 11.3 Å². The molecule has 1 radical (unpaired) electrons. The number of aliphatic hydroxyl groups is 1. The molecule has 0 aliphatic carbocycles. The van der Waals surface area contributed by atoms with Crippen LogP contribution < -0.4 is 0 Å².